The Hall–Kier alpha value is -0.220. The molecule has 0 aliphatic carbocycles. The molecule has 122 valence electrons. The van der Waals surface area contributed by atoms with Crippen LogP contribution in [0.3, 0.4) is 0 Å². The predicted octanol–water partition coefficient (Wildman–Crippen LogP) is 1.70. The molecule has 0 radical (unpaired) electrons. The van der Waals surface area contributed by atoms with Crippen molar-refractivity contribution in [1.82, 2.24) is 9.21 Å². The van der Waals surface area contributed by atoms with Gasteiger partial charge in [0, 0.05) is 35.2 Å². The van der Waals surface area contributed by atoms with Crippen LogP contribution in [0.5, 0.6) is 0 Å². The largest absolute Gasteiger partial charge is 0.340 e. The molecule has 1 aromatic rings. The monoisotopic (exact) mass is 378 g/mol. The summed E-state index contributed by atoms with van der Waals surface area (Å²) < 4.78 is 27.3. The van der Waals surface area contributed by atoms with Crippen LogP contribution in [0.15, 0.2) is 16.3 Å². The lowest BCUT2D eigenvalue weighted by Gasteiger charge is -2.31. The van der Waals surface area contributed by atoms with Crippen molar-refractivity contribution in [3.05, 3.63) is 17.0 Å². The Balaban J connectivity index is 1.82. The second kappa shape index (κ2) is 6.72. The van der Waals surface area contributed by atoms with E-state index in [1.165, 1.54) is 27.4 Å². The fourth-order valence-corrected chi connectivity index (χ4v) is 7.97. The smallest absolute Gasteiger partial charge is 0.254 e. The van der Waals surface area contributed by atoms with Gasteiger partial charge in [0.1, 0.15) is 10.3 Å². The second-order valence-electron chi connectivity index (χ2n) is 5.21. The zero-order valence-corrected chi connectivity index (χ0v) is 15.5. The van der Waals surface area contributed by atoms with Gasteiger partial charge in [-0.1, -0.05) is 0 Å². The minimum atomic E-state index is -3.57. The normalized spacial score (nSPS) is 23.9. The molecule has 0 spiro atoms. The third-order valence-electron chi connectivity index (χ3n) is 3.73. The van der Waals surface area contributed by atoms with E-state index in [4.69, 9.17) is 0 Å². The third kappa shape index (κ3) is 3.19. The van der Waals surface area contributed by atoms with Gasteiger partial charge in [0.05, 0.1) is 5.88 Å². The lowest BCUT2D eigenvalue weighted by molar-refractivity contribution is -0.133. The molecule has 1 unspecified atom stereocenters. The van der Waals surface area contributed by atoms with Gasteiger partial charge in [0.15, 0.2) is 0 Å². The summed E-state index contributed by atoms with van der Waals surface area (Å²) in [6.45, 7) is 3.32. The molecular formula is C13H18N2O3S4. The van der Waals surface area contributed by atoms with E-state index < -0.39 is 16.1 Å². The van der Waals surface area contributed by atoms with Gasteiger partial charge in [0.25, 0.3) is 10.0 Å². The summed E-state index contributed by atoms with van der Waals surface area (Å²) in [6, 6.07) is 2.89. The Labute approximate surface area is 143 Å². The Morgan fingerprint density at radius 3 is 2.59 bits per heavy atom. The van der Waals surface area contributed by atoms with Crippen LogP contribution in [0.2, 0.25) is 0 Å². The molecule has 1 atom stereocenters. The van der Waals surface area contributed by atoms with Gasteiger partial charge in [-0.15, -0.1) is 23.1 Å². The van der Waals surface area contributed by atoms with Crippen molar-refractivity contribution in [2.75, 3.05) is 36.2 Å². The van der Waals surface area contributed by atoms with Crippen LogP contribution in [0, 0.1) is 6.92 Å². The summed E-state index contributed by atoms with van der Waals surface area (Å²) in [6.07, 6.45) is 0. The van der Waals surface area contributed by atoms with Crippen LogP contribution in [0.1, 0.15) is 4.88 Å². The summed E-state index contributed by atoms with van der Waals surface area (Å²) in [7, 11) is -3.57. The Kier molecular flexibility index (Phi) is 5.08. The summed E-state index contributed by atoms with van der Waals surface area (Å²) in [5.74, 6) is 2.73. The van der Waals surface area contributed by atoms with Crippen molar-refractivity contribution in [2.24, 2.45) is 0 Å². The zero-order valence-electron chi connectivity index (χ0n) is 12.2. The molecule has 3 heterocycles. The number of carbonyl (C=O) groups excluding carboxylic acids is 1. The summed E-state index contributed by atoms with van der Waals surface area (Å²) in [5, 5.41) is 0. The van der Waals surface area contributed by atoms with E-state index in [-0.39, 0.29) is 5.91 Å². The zero-order chi connectivity index (χ0) is 15.7. The van der Waals surface area contributed by atoms with Gasteiger partial charge in [0.2, 0.25) is 5.91 Å². The van der Waals surface area contributed by atoms with Crippen molar-refractivity contribution in [2.45, 2.75) is 17.2 Å². The van der Waals surface area contributed by atoms with E-state index in [1.807, 2.05) is 23.6 Å². The number of nitrogens with zero attached hydrogens (tertiary/aromatic N) is 2. The van der Waals surface area contributed by atoms with Gasteiger partial charge in [-0.25, -0.2) is 8.42 Å². The highest BCUT2D eigenvalue weighted by Crippen LogP contribution is 2.32. The minimum Gasteiger partial charge on any atom is -0.340 e. The van der Waals surface area contributed by atoms with Crippen LogP contribution in [0.25, 0.3) is 0 Å². The summed E-state index contributed by atoms with van der Waals surface area (Å²) >= 11 is 4.61. The van der Waals surface area contributed by atoms with Crippen LogP contribution in [-0.2, 0) is 14.8 Å². The lowest BCUT2D eigenvalue weighted by Crippen LogP contribution is -2.50. The molecular weight excluding hydrogens is 360 g/mol. The molecule has 2 aliphatic heterocycles. The molecule has 1 aromatic heterocycles. The Bertz CT molecular complexity index is 652. The number of sulfonamides is 1. The van der Waals surface area contributed by atoms with Crippen molar-refractivity contribution in [3.63, 3.8) is 0 Å². The highest BCUT2D eigenvalue weighted by atomic mass is 32.2. The van der Waals surface area contributed by atoms with Gasteiger partial charge in [-0.05, 0) is 19.1 Å². The van der Waals surface area contributed by atoms with Gasteiger partial charge >= 0.3 is 0 Å². The van der Waals surface area contributed by atoms with E-state index in [9.17, 15) is 13.2 Å². The van der Waals surface area contributed by atoms with Crippen LogP contribution < -0.4 is 0 Å². The summed E-state index contributed by atoms with van der Waals surface area (Å²) in [5.41, 5.74) is 0. The molecule has 0 bridgehead atoms. The first-order valence-corrected chi connectivity index (χ1v) is 11.6. The SMILES string of the molecule is Cc1ccc(S(=O)(=O)N2CSCC2C(=O)N2CCSCC2)s1. The van der Waals surface area contributed by atoms with E-state index in [0.29, 0.717) is 15.8 Å². The number of thiophene rings is 1. The van der Waals surface area contributed by atoms with Crippen molar-refractivity contribution in [3.8, 4) is 0 Å². The molecule has 2 fully saturated rings. The molecule has 0 saturated carbocycles. The maximum atomic E-state index is 12.8. The number of aryl methyl sites for hydroxylation is 1. The number of amides is 1. The van der Waals surface area contributed by atoms with Crippen molar-refractivity contribution < 1.29 is 13.2 Å². The molecule has 1 amide bonds. The van der Waals surface area contributed by atoms with Crippen molar-refractivity contribution >= 4 is 50.8 Å². The van der Waals surface area contributed by atoms with Crippen LogP contribution in [0.4, 0.5) is 0 Å². The Morgan fingerprint density at radius 1 is 1.23 bits per heavy atom. The number of carbonyl (C=O) groups is 1. The van der Waals surface area contributed by atoms with E-state index in [0.717, 1.165) is 29.5 Å². The molecule has 2 aliphatic rings. The fourth-order valence-electron chi connectivity index (χ4n) is 2.52. The first-order valence-electron chi connectivity index (χ1n) is 7.03. The first kappa shape index (κ1) is 16.6. The highest BCUT2D eigenvalue weighted by Gasteiger charge is 2.42. The molecule has 22 heavy (non-hydrogen) atoms. The molecule has 2 saturated heterocycles. The molecule has 0 aromatic carbocycles. The third-order valence-corrected chi connectivity index (χ3v) is 9.17. The average molecular weight is 379 g/mol. The van der Waals surface area contributed by atoms with Gasteiger partial charge in [-0.3, -0.25) is 4.79 Å². The standard InChI is InChI=1S/C13H18N2O3S4/c1-10-2-3-12(21-10)22(17,18)15-9-20-8-11(15)13(16)14-4-6-19-7-5-14/h2-3,11H,4-9H2,1H3. The number of hydrogen-bond donors (Lipinski definition) is 0. The topological polar surface area (TPSA) is 57.7 Å². The predicted molar refractivity (Wildman–Crippen MR) is 93.1 cm³/mol. The average Bonchev–Trinajstić information content (AvgIpc) is 3.16. The minimum absolute atomic E-state index is 0.0397. The molecule has 9 heteroatoms. The molecule has 0 N–H and O–H groups in total. The second-order valence-corrected chi connectivity index (χ2v) is 10.8. The number of rotatable bonds is 3. The first-order chi connectivity index (χ1) is 10.5. The highest BCUT2D eigenvalue weighted by molar-refractivity contribution is 8.01. The quantitative estimate of drug-likeness (QED) is 0.801. The number of thioether (sulfide) groups is 2. The van der Waals surface area contributed by atoms with Crippen LogP contribution in [-0.4, -0.2) is 65.8 Å². The van der Waals surface area contributed by atoms with Crippen LogP contribution >= 0.6 is 34.9 Å². The maximum absolute atomic E-state index is 12.8. The number of hydrogen-bond acceptors (Lipinski definition) is 6. The van der Waals surface area contributed by atoms with E-state index >= 15 is 0 Å². The van der Waals surface area contributed by atoms with Crippen molar-refractivity contribution in [1.29, 1.82) is 0 Å². The van der Waals surface area contributed by atoms with E-state index in [1.54, 1.807) is 12.1 Å². The lowest BCUT2D eigenvalue weighted by atomic mass is 10.3. The van der Waals surface area contributed by atoms with Gasteiger partial charge in [-0.2, -0.15) is 16.1 Å². The summed E-state index contributed by atoms with van der Waals surface area (Å²) in [4.78, 5) is 15.5. The molecule has 3 rings (SSSR count). The fraction of sp³-hybridized carbons (Fsp3) is 0.615. The molecule has 5 nitrogen and oxygen atoms in total. The van der Waals surface area contributed by atoms with E-state index in [2.05, 4.69) is 0 Å². The Morgan fingerprint density at radius 2 is 1.95 bits per heavy atom. The maximum Gasteiger partial charge on any atom is 0.254 e. The van der Waals surface area contributed by atoms with Gasteiger partial charge < -0.3 is 4.90 Å².